The van der Waals surface area contributed by atoms with E-state index in [1.54, 1.807) is 6.07 Å². The number of nitrogens with one attached hydrogen (secondary N) is 1. The van der Waals surface area contributed by atoms with Crippen LogP contribution in [-0.2, 0) is 4.79 Å². The first-order valence-electron chi connectivity index (χ1n) is 8.34. The first kappa shape index (κ1) is 19.1. The van der Waals surface area contributed by atoms with Gasteiger partial charge < -0.3 is 10.1 Å². The summed E-state index contributed by atoms with van der Waals surface area (Å²) in [6.07, 6.45) is 0. The van der Waals surface area contributed by atoms with Crippen LogP contribution in [0.15, 0.2) is 29.3 Å². The van der Waals surface area contributed by atoms with Crippen molar-refractivity contribution < 1.29 is 9.53 Å². The van der Waals surface area contributed by atoms with E-state index >= 15 is 0 Å². The van der Waals surface area contributed by atoms with Gasteiger partial charge in [0.15, 0.2) is 5.13 Å². The first-order chi connectivity index (χ1) is 13.0. The number of nitrogens with zero attached hydrogens (tertiary/aromatic N) is 3. The second kappa shape index (κ2) is 8.37. The summed E-state index contributed by atoms with van der Waals surface area (Å²) in [5.41, 5.74) is 2.09. The van der Waals surface area contributed by atoms with Crippen LogP contribution in [0.1, 0.15) is 23.1 Å². The van der Waals surface area contributed by atoms with Crippen LogP contribution >= 0.6 is 23.1 Å². The second-order valence-corrected chi connectivity index (χ2v) is 7.91. The molecule has 138 valence electrons. The standard InChI is InChI=1S/C19H18N4O2S2/c1-4-25-15-6-5-13-7-14(9-20)18(22-16(13)8-15)26-10-17(24)23-19-21-11(2)12(3)27-19/h5-8H,4,10H2,1-3H3,(H,21,23,24). The Morgan fingerprint density at radius 3 is 2.81 bits per heavy atom. The number of nitriles is 1. The molecule has 0 spiro atoms. The highest BCUT2D eigenvalue weighted by Gasteiger charge is 2.13. The molecule has 0 saturated carbocycles. The molecule has 27 heavy (non-hydrogen) atoms. The Bertz CT molecular complexity index is 1020. The fourth-order valence-electron chi connectivity index (χ4n) is 2.39. The van der Waals surface area contributed by atoms with Crippen LogP contribution in [0.25, 0.3) is 10.9 Å². The van der Waals surface area contributed by atoms with Crippen molar-refractivity contribution in [3.05, 3.63) is 40.4 Å². The Morgan fingerprint density at radius 2 is 2.15 bits per heavy atom. The van der Waals surface area contributed by atoms with Gasteiger partial charge in [-0.2, -0.15) is 5.26 Å². The third-order valence-electron chi connectivity index (χ3n) is 3.80. The maximum absolute atomic E-state index is 12.2. The molecular formula is C19H18N4O2S2. The number of carbonyl (C=O) groups is 1. The van der Waals surface area contributed by atoms with Gasteiger partial charge in [-0.1, -0.05) is 11.8 Å². The Labute approximate surface area is 165 Å². The highest BCUT2D eigenvalue weighted by Crippen LogP contribution is 2.27. The van der Waals surface area contributed by atoms with Gasteiger partial charge in [-0.3, -0.25) is 4.79 Å². The molecule has 0 fully saturated rings. The lowest BCUT2D eigenvalue weighted by molar-refractivity contribution is -0.113. The van der Waals surface area contributed by atoms with E-state index in [2.05, 4.69) is 21.4 Å². The fraction of sp³-hybridized carbons (Fsp3) is 0.263. The first-order valence-corrected chi connectivity index (χ1v) is 10.1. The van der Waals surface area contributed by atoms with Gasteiger partial charge in [0.1, 0.15) is 16.8 Å². The van der Waals surface area contributed by atoms with Crippen molar-refractivity contribution in [1.29, 1.82) is 5.26 Å². The molecule has 0 aliphatic carbocycles. The van der Waals surface area contributed by atoms with Gasteiger partial charge in [0, 0.05) is 16.3 Å². The molecule has 0 unspecified atom stereocenters. The Kier molecular flexibility index (Phi) is 5.94. The number of thioether (sulfide) groups is 1. The van der Waals surface area contributed by atoms with E-state index in [0.29, 0.717) is 22.3 Å². The lowest BCUT2D eigenvalue weighted by Crippen LogP contribution is -2.14. The van der Waals surface area contributed by atoms with E-state index in [-0.39, 0.29) is 11.7 Å². The number of pyridine rings is 1. The number of anilines is 1. The predicted octanol–water partition coefficient (Wildman–Crippen LogP) is 4.31. The quantitative estimate of drug-likeness (QED) is 0.623. The average molecular weight is 399 g/mol. The minimum atomic E-state index is -0.178. The monoisotopic (exact) mass is 398 g/mol. The molecule has 0 saturated heterocycles. The van der Waals surface area contributed by atoms with Gasteiger partial charge in [-0.25, -0.2) is 9.97 Å². The molecule has 3 aromatic rings. The number of benzene rings is 1. The molecule has 0 aliphatic heterocycles. The van der Waals surface area contributed by atoms with Crippen molar-refractivity contribution >= 4 is 45.0 Å². The summed E-state index contributed by atoms with van der Waals surface area (Å²) in [6.45, 7) is 6.36. The van der Waals surface area contributed by atoms with Crippen molar-refractivity contribution in [2.45, 2.75) is 25.8 Å². The molecule has 1 amide bonds. The third kappa shape index (κ3) is 4.56. The smallest absolute Gasteiger partial charge is 0.236 e. The molecule has 1 aromatic carbocycles. The van der Waals surface area contributed by atoms with Gasteiger partial charge in [0.05, 0.1) is 29.1 Å². The normalized spacial score (nSPS) is 10.6. The summed E-state index contributed by atoms with van der Waals surface area (Å²) < 4.78 is 5.50. The highest BCUT2D eigenvalue weighted by molar-refractivity contribution is 8.00. The topological polar surface area (TPSA) is 87.9 Å². The lowest BCUT2D eigenvalue weighted by atomic mass is 10.1. The van der Waals surface area contributed by atoms with Gasteiger partial charge in [-0.15, -0.1) is 11.3 Å². The molecule has 2 aromatic heterocycles. The molecule has 2 heterocycles. The Balaban J connectivity index is 1.76. The third-order valence-corrected chi connectivity index (χ3v) is 5.78. The lowest BCUT2D eigenvalue weighted by Gasteiger charge is -2.08. The maximum atomic E-state index is 12.2. The maximum Gasteiger partial charge on any atom is 0.236 e. The number of aryl methyl sites for hydroxylation is 2. The van der Waals surface area contributed by atoms with Gasteiger partial charge in [-0.05, 0) is 39.0 Å². The van der Waals surface area contributed by atoms with Gasteiger partial charge in [0.25, 0.3) is 0 Å². The summed E-state index contributed by atoms with van der Waals surface area (Å²) in [5, 5.41) is 14.2. The number of ether oxygens (including phenoxy) is 1. The summed E-state index contributed by atoms with van der Waals surface area (Å²) in [4.78, 5) is 22.1. The van der Waals surface area contributed by atoms with Crippen LogP contribution in [0.3, 0.4) is 0 Å². The number of rotatable bonds is 6. The second-order valence-electron chi connectivity index (χ2n) is 5.74. The highest BCUT2D eigenvalue weighted by atomic mass is 32.2. The van der Waals surface area contributed by atoms with E-state index in [1.807, 2.05) is 39.0 Å². The Hall–Kier alpha value is -2.63. The molecule has 0 aliphatic rings. The summed E-state index contributed by atoms with van der Waals surface area (Å²) in [6, 6.07) is 9.51. The summed E-state index contributed by atoms with van der Waals surface area (Å²) >= 11 is 2.68. The average Bonchev–Trinajstić information content (AvgIpc) is 2.96. The minimum absolute atomic E-state index is 0.149. The van der Waals surface area contributed by atoms with Crippen molar-refractivity contribution in [1.82, 2.24) is 9.97 Å². The zero-order chi connectivity index (χ0) is 19.4. The number of aromatic nitrogens is 2. The van der Waals surface area contributed by atoms with E-state index in [1.165, 1.54) is 23.1 Å². The van der Waals surface area contributed by atoms with Crippen molar-refractivity contribution in [3.8, 4) is 11.8 Å². The zero-order valence-corrected chi connectivity index (χ0v) is 16.8. The zero-order valence-electron chi connectivity index (χ0n) is 15.2. The van der Waals surface area contributed by atoms with Crippen LogP contribution in [0, 0.1) is 25.2 Å². The SMILES string of the molecule is CCOc1ccc2cc(C#N)c(SCC(=O)Nc3nc(C)c(C)s3)nc2c1. The summed E-state index contributed by atoms with van der Waals surface area (Å²) in [7, 11) is 0. The molecule has 1 N–H and O–H groups in total. The van der Waals surface area contributed by atoms with E-state index in [4.69, 9.17) is 4.74 Å². The van der Waals surface area contributed by atoms with Crippen LogP contribution in [-0.4, -0.2) is 28.2 Å². The molecule has 3 rings (SSSR count). The molecule has 0 atom stereocenters. The van der Waals surface area contributed by atoms with Crippen molar-refractivity contribution in [3.63, 3.8) is 0 Å². The Morgan fingerprint density at radius 1 is 1.33 bits per heavy atom. The van der Waals surface area contributed by atoms with Crippen LogP contribution < -0.4 is 10.1 Å². The molecule has 0 radical (unpaired) electrons. The molecular weight excluding hydrogens is 380 g/mol. The van der Waals surface area contributed by atoms with E-state index in [9.17, 15) is 10.1 Å². The fourth-order valence-corrected chi connectivity index (χ4v) is 3.99. The van der Waals surface area contributed by atoms with Crippen molar-refractivity contribution in [2.24, 2.45) is 0 Å². The largest absolute Gasteiger partial charge is 0.494 e. The van der Waals surface area contributed by atoms with Crippen molar-refractivity contribution in [2.75, 3.05) is 17.7 Å². The summed E-state index contributed by atoms with van der Waals surface area (Å²) in [5.74, 6) is 0.698. The van der Waals surface area contributed by atoms with Gasteiger partial charge >= 0.3 is 0 Å². The molecule has 0 bridgehead atoms. The minimum Gasteiger partial charge on any atom is -0.494 e. The number of fused-ring (bicyclic) bond motifs is 1. The number of amides is 1. The van der Waals surface area contributed by atoms with Crippen LogP contribution in [0.2, 0.25) is 0 Å². The number of thiazole rings is 1. The van der Waals surface area contributed by atoms with E-state index in [0.717, 1.165) is 27.2 Å². The number of carbonyl (C=O) groups excluding carboxylic acids is 1. The number of hydrogen-bond donors (Lipinski definition) is 1. The van der Waals surface area contributed by atoms with Gasteiger partial charge in [0.2, 0.25) is 5.91 Å². The molecule has 8 heteroatoms. The van der Waals surface area contributed by atoms with Crippen LogP contribution in [0.4, 0.5) is 5.13 Å². The number of hydrogen-bond acceptors (Lipinski definition) is 7. The van der Waals surface area contributed by atoms with E-state index < -0.39 is 0 Å². The van der Waals surface area contributed by atoms with Crippen LogP contribution in [0.5, 0.6) is 5.75 Å². The predicted molar refractivity (Wildman–Crippen MR) is 109 cm³/mol. The molecule has 6 nitrogen and oxygen atoms in total.